The van der Waals surface area contributed by atoms with Crippen LogP contribution in [0, 0.1) is 5.41 Å². The quantitative estimate of drug-likeness (QED) is 0.289. The van der Waals surface area contributed by atoms with E-state index < -0.39 is 24.0 Å². The fourth-order valence-electron chi connectivity index (χ4n) is 1.88. The second-order valence-electron chi connectivity index (χ2n) is 6.34. The molecule has 0 spiro atoms. The van der Waals surface area contributed by atoms with Gasteiger partial charge in [0, 0.05) is 5.41 Å². The van der Waals surface area contributed by atoms with Crippen LogP contribution >= 0.6 is 0 Å². The first-order chi connectivity index (χ1) is 8.62. The zero-order valence-electron chi connectivity index (χ0n) is 12.9. The number of aliphatic carboxylic acids is 1. The zero-order chi connectivity index (χ0) is 15.1. The van der Waals surface area contributed by atoms with E-state index in [0.717, 1.165) is 25.7 Å². The van der Waals surface area contributed by atoms with Gasteiger partial charge in [0.15, 0.2) is 0 Å². The molecule has 0 fully saturated rings. The number of rotatable bonds is 8. The summed E-state index contributed by atoms with van der Waals surface area (Å²) in [6, 6.07) is 0. The van der Waals surface area contributed by atoms with Crippen molar-refractivity contribution in [3.63, 3.8) is 0 Å². The molecule has 0 heterocycles. The van der Waals surface area contributed by atoms with Gasteiger partial charge in [-0.25, -0.2) is 0 Å². The minimum absolute atomic E-state index is 0. The van der Waals surface area contributed by atoms with Crippen LogP contribution < -0.4 is 0 Å². The second kappa shape index (κ2) is 10.3. The van der Waals surface area contributed by atoms with E-state index in [1.807, 2.05) is 27.7 Å². The number of esters is 1. The molecule has 1 unspecified atom stereocenters. The Labute approximate surface area is 163 Å². The maximum absolute atomic E-state index is 11.6. The molecular weight excluding hydrogens is 381 g/mol. The molecule has 0 aliphatic carbocycles. The van der Waals surface area contributed by atoms with Gasteiger partial charge in [-0.3, -0.25) is 9.59 Å². The van der Waals surface area contributed by atoms with Gasteiger partial charge in [0.05, 0.1) is 0 Å². The number of hydrogen-bond donors (Lipinski definition) is 1. The summed E-state index contributed by atoms with van der Waals surface area (Å²) < 4.78 is 5.47. The van der Waals surface area contributed by atoms with E-state index in [9.17, 15) is 9.59 Å². The summed E-state index contributed by atoms with van der Waals surface area (Å²) >= 11 is 0. The van der Waals surface area contributed by atoms with Crippen molar-refractivity contribution in [2.75, 3.05) is 0 Å². The molecule has 1 atom stereocenters. The first-order valence-corrected chi connectivity index (χ1v) is 7.06. The van der Waals surface area contributed by atoms with Gasteiger partial charge in [0.25, 0.3) is 0 Å². The van der Waals surface area contributed by atoms with Crippen molar-refractivity contribution < 1.29 is 19.4 Å². The Kier molecular flexibility index (Phi) is 11.7. The first-order valence-electron chi connectivity index (χ1n) is 7.06. The first kappa shape index (κ1) is 22.8. The van der Waals surface area contributed by atoms with Crippen molar-refractivity contribution >= 4 is 60.8 Å². The summed E-state index contributed by atoms with van der Waals surface area (Å²) in [5.41, 5.74) is -0.833. The van der Waals surface area contributed by atoms with Crippen LogP contribution in [-0.2, 0) is 14.3 Å². The molecule has 116 valence electrons. The Bertz CT molecular complexity index is 309. The van der Waals surface area contributed by atoms with Gasteiger partial charge in [0.1, 0.15) is 12.0 Å². The Morgan fingerprint density at radius 1 is 1.05 bits per heavy atom. The number of unbranched alkanes of at least 4 members (excludes halogenated alkanes) is 3. The summed E-state index contributed by atoms with van der Waals surface area (Å²) in [5, 5.41) is 8.63. The molecule has 5 heteroatoms. The van der Waals surface area contributed by atoms with Gasteiger partial charge in [-0.1, -0.05) is 47.0 Å². The van der Waals surface area contributed by atoms with Crippen LogP contribution in [0.2, 0.25) is 0 Å². The van der Waals surface area contributed by atoms with Gasteiger partial charge in [0.2, 0.25) is 0 Å². The van der Waals surface area contributed by atoms with Gasteiger partial charge in [-0.15, -0.1) is 0 Å². The predicted molar refractivity (Wildman–Crippen MR) is 83.5 cm³/mol. The van der Waals surface area contributed by atoms with Crippen molar-refractivity contribution in [1.82, 2.24) is 0 Å². The topological polar surface area (TPSA) is 63.6 Å². The fraction of sp³-hybridized carbons (Fsp3) is 0.867. The van der Waals surface area contributed by atoms with E-state index in [1.165, 1.54) is 6.42 Å². The Balaban J connectivity index is 0. The number of hydrogen-bond acceptors (Lipinski definition) is 3. The number of carbonyl (C=O) groups is 2. The fourth-order valence-corrected chi connectivity index (χ4v) is 1.88. The second-order valence-corrected chi connectivity index (χ2v) is 6.34. The molecule has 0 aliphatic rings. The molecule has 0 saturated heterocycles. The Morgan fingerprint density at radius 3 is 2.00 bits per heavy atom. The summed E-state index contributed by atoms with van der Waals surface area (Å²) in [4.78, 5) is 22.1. The summed E-state index contributed by atoms with van der Waals surface area (Å²) in [5.74, 6) is -1.80. The molecule has 20 heavy (non-hydrogen) atoms. The number of ether oxygens (including phenoxy) is 1. The van der Waals surface area contributed by atoms with E-state index in [2.05, 4.69) is 6.92 Å². The molecule has 0 rings (SSSR count). The van der Waals surface area contributed by atoms with Gasteiger partial charge in [-0.05, 0) is 19.8 Å². The molecular formula is C15H30BaO4. The summed E-state index contributed by atoms with van der Waals surface area (Å²) in [6.07, 6.45) is 4.62. The van der Waals surface area contributed by atoms with Crippen molar-refractivity contribution in [3.05, 3.63) is 0 Å². The van der Waals surface area contributed by atoms with E-state index >= 15 is 0 Å². The molecule has 4 nitrogen and oxygen atoms in total. The SMILES string of the molecule is CCCCCCC(C)(OC(=O)CC(=O)O)C(C)(C)C.[BaH2]. The minimum atomic E-state index is -1.15. The zero-order valence-corrected chi connectivity index (χ0v) is 12.9. The number of carboxylic acids is 1. The molecule has 0 amide bonds. The average Bonchev–Trinajstić information content (AvgIpc) is 2.21. The van der Waals surface area contributed by atoms with Crippen LogP contribution in [0.3, 0.4) is 0 Å². The van der Waals surface area contributed by atoms with Gasteiger partial charge < -0.3 is 9.84 Å². The third-order valence-corrected chi connectivity index (χ3v) is 3.73. The van der Waals surface area contributed by atoms with Crippen molar-refractivity contribution in [2.45, 2.75) is 78.7 Å². The molecule has 0 radical (unpaired) electrons. The molecule has 0 aromatic carbocycles. The normalized spacial score (nSPS) is 14.1. The molecule has 1 N–H and O–H groups in total. The van der Waals surface area contributed by atoms with Crippen LogP contribution in [0.4, 0.5) is 0 Å². The van der Waals surface area contributed by atoms with Crippen LogP contribution in [0.15, 0.2) is 0 Å². The van der Waals surface area contributed by atoms with Crippen molar-refractivity contribution in [3.8, 4) is 0 Å². The number of carbonyl (C=O) groups excluding carboxylic acids is 1. The van der Waals surface area contributed by atoms with E-state index in [4.69, 9.17) is 9.84 Å². The van der Waals surface area contributed by atoms with E-state index in [1.54, 1.807) is 0 Å². The Morgan fingerprint density at radius 2 is 1.60 bits per heavy atom. The van der Waals surface area contributed by atoms with Gasteiger partial charge >= 0.3 is 60.8 Å². The predicted octanol–water partition coefficient (Wildman–Crippen LogP) is 2.86. The van der Waals surface area contributed by atoms with Crippen molar-refractivity contribution in [1.29, 1.82) is 0 Å². The third kappa shape index (κ3) is 8.72. The summed E-state index contributed by atoms with van der Waals surface area (Å²) in [6.45, 7) is 10.1. The average molecular weight is 412 g/mol. The maximum atomic E-state index is 11.6. The van der Waals surface area contributed by atoms with Crippen LogP contribution in [0.25, 0.3) is 0 Å². The Hall–Kier alpha value is 0.511. The van der Waals surface area contributed by atoms with E-state index in [-0.39, 0.29) is 54.3 Å². The molecule has 0 aromatic heterocycles. The molecule has 0 saturated carbocycles. The summed E-state index contributed by atoms with van der Waals surface area (Å²) in [7, 11) is 0. The monoisotopic (exact) mass is 412 g/mol. The van der Waals surface area contributed by atoms with Gasteiger partial charge in [-0.2, -0.15) is 0 Å². The van der Waals surface area contributed by atoms with Crippen LogP contribution in [0.1, 0.15) is 73.1 Å². The van der Waals surface area contributed by atoms with Crippen molar-refractivity contribution in [2.24, 2.45) is 5.41 Å². The number of carboxylic acid groups (broad SMARTS) is 1. The molecule has 0 bridgehead atoms. The molecule has 0 aromatic rings. The molecule has 0 aliphatic heterocycles. The van der Waals surface area contributed by atoms with Crippen LogP contribution in [-0.4, -0.2) is 71.5 Å². The van der Waals surface area contributed by atoms with Crippen LogP contribution in [0.5, 0.6) is 0 Å². The third-order valence-electron chi connectivity index (χ3n) is 3.73. The standard InChI is InChI=1S/C15H28O4.Ba.2H/c1-6-7-8-9-10-15(5,14(2,3)4)19-13(18)11-12(16)17;;;/h6-11H2,1-5H3,(H,16,17);;;. The van der Waals surface area contributed by atoms with E-state index in [0.29, 0.717) is 0 Å².